The van der Waals surface area contributed by atoms with E-state index in [4.69, 9.17) is 0 Å². The van der Waals surface area contributed by atoms with Crippen molar-refractivity contribution in [3.63, 3.8) is 0 Å². The molecule has 0 spiro atoms. The van der Waals surface area contributed by atoms with E-state index in [-0.39, 0.29) is 5.91 Å². The second-order valence-corrected chi connectivity index (χ2v) is 5.07. The third kappa shape index (κ3) is 3.19. The summed E-state index contributed by atoms with van der Waals surface area (Å²) in [4.78, 5) is 14.1. The van der Waals surface area contributed by atoms with Crippen LogP contribution < -0.4 is 10.6 Å². The van der Waals surface area contributed by atoms with Gasteiger partial charge in [-0.15, -0.1) is 0 Å². The van der Waals surface area contributed by atoms with Crippen LogP contribution in [-0.2, 0) is 4.79 Å². The summed E-state index contributed by atoms with van der Waals surface area (Å²) in [6.45, 7) is 5.73. The molecule has 92 valence electrons. The first-order valence-corrected chi connectivity index (χ1v) is 6.50. The molecule has 0 aromatic heterocycles. The summed E-state index contributed by atoms with van der Waals surface area (Å²) in [5.41, 5.74) is 0. The Labute approximate surface area is 97.8 Å². The number of carbonyl (C=O) groups excluding carboxylic acids is 1. The third-order valence-corrected chi connectivity index (χ3v) is 3.71. The second-order valence-electron chi connectivity index (χ2n) is 5.07. The van der Waals surface area contributed by atoms with Gasteiger partial charge in [-0.05, 0) is 19.8 Å². The Morgan fingerprint density at radius 2 is 2.19 bits per heavy atom. The number of carbonyl (C=O) groups is 1. The Morgan fingerprint density at radius 1 is 1.44 bits per heavy atom. The summed E-state index contributed by atoms with van der Waals surface area (Å²) in [6.07, 6.45) is 4.88. The van der Waals surface area contributed by atoms with Gasteiger partial charge in [-0.3, -0.25) is 9.69 Å². The minimum Gasteiger partial charge on any atom is -0.352 e. The van der Waals surface area contributed by atoms with Gasteiger partial charge in [0.1, 0.15) is 0 Å². The van der Waals surface area contributed by atoms with Crippen molar-refractivity contribution in [3.05, 3.63) is 0 Å². The summed E-state index contributed by atoms with van der Waals surface area (Å²) >= 11 is 0. The smallest absolute Gasteiger partial charge is 0.234 e. The van der Waals surface area contributed by atoms with Crippen LogP contribution >= 0.6 is 0 Å². The molecule has 0 bridgehead atoms. The Kier molecular flexibility index (Phi) is 4.18. The molecular formula is C12H23N3O. The molecule has 1 amide bonds. The van der Waals surface area contributed by atoms with Crippen LogP contribution in [0.25, 0.3) is 0 Å². The normalized spacial score (nSPS) is 28.2. The number of nitrogens with one attached hydrogen (secondary N) is 2. The zero-order valence-corrected chi connectivity index (χ0v) is 10.2. The molecule has 1 heterocycles. The summed E-state index contributed by atoms with van der Waals surface area (Å²) < 4.78 is 0. The van der Waals surface area contributed by atoms with Gasteiger partial charge in [-0.25, -0.2) is 0 Å². The highest BCUT2D eigenvalue weighted by Gasteiger charge is 2.22. The molecule has 0 aromatic carbocycles. The molecule has 2 fully saturated rings. The minimum absolute atomic E-state index is 0.209. The largest absolute Gasteiger partial charge is 0.352 e. The number of nitrogens with zero attached hydrogens (tertiary/aromatic N) is 1. The van der Waals surface area contributed by atoms with Crippen LogP contribution in [0.1, 0.15) is 32.6 Å². The first-order chi connectivity index (χ1) is 7.75. The maximum absolute atomic E-state index is 11.8. The SMILES string of the molecule is C[C@H]1CNCCN1CC(=O)NC1CCCC1. The maximum atomic E-state index is 11.8. The van der Waals surface area contributed by atoms with E-state index < -0.39 is 0 Å². The van der Waals surface area contributed by atoms with Crippen LogP contribution in [-0.4, -0.2) is 49.1 Å². The summed E-state index contributed by atoms with van der Waals surface area (Å²) in [5.74, 6) is 0.209. The predicted molar refractivity (Wildman–Crippen MR) is 64.3 cm³/mol. The van der Waals surface area contributed by atoms with Crippen LogP contribution in [0.15, 0.2) is 0 Å². The van der Waals surface area contributed by atoms with E-state index >= 15 is 0 Å². The Hall–Kier alpha value is -0.610. The molecule has 0 unspecified atom stereocenters. The average molecular weight is 225 g/mol. The quantitative estimate of drug-likeness (QED) is 0.728. The van der Waals surface area contributed by atoms with E-state index in [0.717, 1.165) is 19.6 Å². The van der Waals surface area contributed by atoms with Crippen LogP contribution in [0.4, 0.5) is 0 Å². The van der Waals surface area contributed by atoms with E-state index in [2.05, 4.69) is 22.5 Å². The Balaban J connectivity index is 1.72. The van der Waals surface area contributed by atoms with Crippen molar-refractivity contribution >= 4 is 5.91 Å². The molecule has 1 aliphatic carbocycles. The van der Waals surface area contributed by atoms with Crippen LogP contribution in [0, 0.1) is 0 Å². The number of piperazine rings is 1. The van der Waals surface area contributed by atoms with E-state index in [1.807, 2.05) is 0 Å². The Morgan fingerprint density at radius 3 is 2.88 bits per heavy atom. The fourth-order valence-corrected chi connectivity index (χ4v) is 2.65. The molecule has 1 saturated heterocycles. The van der Waals surface area contributed by atoms with Crippen molar-refractivity contribution < 1.29 is 4.79 Å². The third-order valence-electron chi connectivity index (χ3n) is 3.71. The standard InChI is InChI=1S/C12H23N3O/c1-10-8-13-6-7-15(10)9-12(16)14-11-4-2-3-5-11/h10-11,13H,2-9H2,1H3,(H,14,16)/t10-/m0/s1. The molecule has 0 radical (unpaired) electrons. The monoisotopic (exact) mass is 225 g/mol. The van der Waals surface area contributed by atoms with Gasteiger partial charge >= 0.3 is 0 Å². The molecule has 4 nitrogen and oxygen atoms in total. The number of hydrogen-bond donors (Lipinski definition) is 2. The van der Waals surface area contributed by atoms with Crippen LogP contribution in [0.2, 0.25) is 0 Å². The zero-order valence-electron chi connectivity index (χ0n) is 10.2. The van der Waals surface area contributed by atoms with Crippen molar-refractivity contribution in [3.8, 4) is 0 Å². The van der Waals surface area contributed by atoms with Crippen molar-refractivity contribution in [2.24, 2.45) is 0 Å². The fourth-order valence-electron chi connectivity index (χ4n) is 2.65. The molecule has 2 rings (SSSR count). The maximum Gasteiger partial charge on any atom is 0.234 e. The molecule has 16 heavy (non-hydrogen) atoms. The fraction of sp³-hybridized carbons (Fsp3) is 0.917. The number of rotatable bonds is 3. The molecule has 4 heteroatoms. The van der Waals surface area contributed by atoms with Crippen molar-refractivity contribution in [2.75, 3.05) is 26.2 Å². The lowest BCUT2D eigenvalue weighted by Crippen LogP contribution is -2.53. The summed E-state index contributed by atoms with van der Waals surface area (Å²) in [5, 5.41) is 6.48. The van der Waals surface area contributed by atoms with E-state index in [9.17, 15) is 4.79 Å². The van der Waals surface area contributed by atoms with Gasteiger partial charge in [0, 0.05) is 31.7 Å². The lowest BCUT2D eigenvalue weighted by Gasteiger charge is -2.33. The molecule has 1 atom stereocenters. The molecular weight excluding hydrogens is 202 g/mol. The first kappa shape index (κ1) is 11.9. The van der Waals surface area contributed by atoms with E-state index in [1.54, 1.807) is 0 Å². The summed E-state index contributed by atoms with van der Waals surface area (Å²) in [7, 11) is 0. The van der Waals surface area contributed by atoms with Gasteiger partial charge in [0.05, 0.1) is 6.54 Å². The second kappa shape index (κ2) is 5.64. The highest BCUT2D eigenvalue weighted by Crippen LogP contribution is 2.17. The van der Waals surface area contributed by atoms with Gasteiger partial charge in [0.15, 0.2) is 0 Å². The van der Waals surface area contributed by atoms with Gasteiger partial charge in [-0.1, -0.05) is 12.8 Å². The van der Waals surface area contributed by atoms with Crippen LogP contribution in [0.3, 0.4) is 0 Å². The average Bonchev–Trinajstić information content (AvgIpc) is 2.74. The van der Waals surface area contributed by atoms with E-state index in [1.165, 1.54) is 25.7 Å². The van der Waals surface area contributed by atoms with Gasteiger partial charge in [-0.2, -0.15) is 0 Å². The molecule has 2 N–H and O–H groups in total. The number of amides is 1. The van der Waals surface area contributed by atoms with Gasteiger partial charge in [0.2, 0.25) is 5.91 Å². The molecule has 2 aliphatic rings. The molecule has 1 saturated carbocycles. The predicted octanol–water partition coefficient (Wildman–Crippen LogP) is 0.339. The van der Waals surface area contributed by atoms with Gasteiger partial charge in [0.25, 0.3) is 0 Å². The zero-order chi connectivity index (χ0) is 11.4. The van der Waals surface area contributed by atoms with Crippen molar-refractivity contribution in [1.82, 2.24) is 15.5 Å². The summed E-state index contributed by atoms with van der Waals surface area (Å²) in [6, 6.07) is 0.925. The van der Waals surface area contributed by atoms with Crippen LogP contribution in [0.5, 0.6) is 0 Å². The highest BCUT2D eigenvalue weighted by molar-refractivity contribution is 5.78. The van der Waals surface area contributed by atoms with Crippen molar-refractivity contribution in [1.29, 1.82) is 0 Å². The van der Waals surface area contributed by atoms with Gasteiger partial charge < -0.3 is 10.6 Å². The lowest BCUT2D eigenvalue weighted by atomic mass is 10.2. The Bertz CT molecular complexity index is 238. The lowest BCUT2D eigenvalue weighted by molar-refractivity contribution is -0.123. The highest BCUT2D eigenvalue weighted by atomic mass is 16.2. The number of hydrogen-bond acceptors (Lipinski definition) is 3. The minimum atomic E-state index is 0.209. The molecule has 0 aromatic rings. The topological polar surface area (TPSA) is 44.4 Å². The first-order valence-electron chi connectivity index (χ1n) is 6.50. The van der Waals surface area contributed by atoms with E-state index in [0.29, 0.717) is 18.6 Å². The van der Waals surface area contributed by atoms with Crippen molar-refractivity contribution in [2.45, 2.75) is 44.7 Å². The molecule has 1 aliphatic heterocycles.